The zero-order valence-electron chi connectivity index (χ0n) is 8.24. The lowest BCUT2D eigenvalue weighted by molar-refractivity contribution is 0.120. The van der Waals surface area contributed by atoms with Gasteiger partial charge in [-0.3, -0.25) is 0 Å². The number of hydrogen-bond donors (Lipinski definition) is 1. The van der Waals surface area contributed by atoms with Gasteiger partial charge in [0.15, 0.2) is 0 Å². The van der Waals surface area contributed by atoms with Crippen LogP contribution < -0.4 is 4.74 Å². The molecule has 0 spiro atoms. The molecule has 0 aliphatic carbocycles. The number of ether oxygens (including phenoxy) is 1. The molecular weight excluding hydrogens is 166 g/mol. The predicted molar refractivity (Wildman–Crippen MR) is 50.9 cm³/mol. The standard InChI is InChI=1S/C10H15NO2/c1-7-4-8(2)11-10(5-7)13-6-9(3)12/h4-5,9,12H,6H2,1-3H3. The number of aliphatic hydroxyl groups excluding tert-OH is 1. The summed E-state index contributed by atoms with van der Waals surface area (Å²) >= 11 is 0. The second-order valence-corrected chi connectivity index (χ2v) is 3.28. The van der Waals surface area contributed by atoms with Gasteiger partial charge < -0.3 is 9.84 Å². The first kappa shape index (κ1) is 9.99. The second kappa shape index (κ2) is 4.23. The Morgan fingerprint density at radius 1 is 1.46 bits per heavy atom. The summed E-state index contributed by atoms with van der Waals surface area (Å²) < 4.78 is 5.27. The number of nitrogens with zero attached hydrogens (tertiary/aromatic N) is 1. The fourth-order valence-electron chi connectivity index (χ4n) is 1.08. The smallest absolute Gasteiger partial charge is 0.213 e. The first-order valence-corrected chi connectivity index (χ1v) is 4.34. The molecule has 1 heterocycles. The molecule has 3 heteroatoms. The van der Waals surface area contributed by atoms with E-state index >= 15 is 0 Å². The van der Waals surface area contributed by atoms with E-state index < -0.39 is 6.10 Å². The maximum atomic E-state index is 9.00. The Kier molecular flexibility index (Phi) is 3.25. The zero-order chi connectivity index (χ0) is 9.84. The second-order valence-electron chi connectivity index (χ2n) is 3.28. The molecule has 1 atom stereocenters. The van der Waals surface area contributed by atoms with Gasteiger partial charge >= 0.3 is 0 Å². The quantitative estimate of drug-likeness (QED) is 0.767. The molecule has 1 unspecified atom stereocenters. The average Bonchev–Trinajstić information content (AvgIpc) is 1.99. The van der Waals surface area contributed by atoms with E-state index in [1.54, 1.807) is 6.92 Å². The van der Waals surface area contributed by atoms with E-state index in [1.165, 1.54) is 0 Å². The monoisotopic (exact) mass is 181 g/mol. The van der Waals surface area contributed by atoms with Crippen LogP contribution in [0.5, 0.6) is 5.88 Å². The molecule has 0 aromatic carbocycles. The number of aryl methyl sites for hydroxylation is 2. The molecule has 0 aliphatic rings. The minimum absolute atomic E-state index is 0.288. The van der Waals surface area contributed by atoms with Crippen LogP contribution in [-0.4, -0.2) is 22.8 Å². The van der Waals surface area contributed by atoms with Crippen LogP contribution in [0.25, 0.3) is 0 Å². The Hall–Kier alpha value is -1.09. The highest BCUT2D eigenvalue weighted by molar-refractivity contribution is 5.23. The van der Waals surface area contributed by atoms with Gasteiger partial charge in [0.2, 0.25) is 5.88 Å². The summed E-state index contributed by atoms with van der Waals surface area (Å²) in [6, 6.07) is 3.84. The Bertz CT molecular complexity index is 264. The lowest BCUT2D eigenvalue weighted by Gasteiger charge is -2.08. The normalized spacial score (nSPS) is 12.6. The van der Waals surface area contributed by atoms with E-state index in [4.69, 9.17) is 9.84 Å². The molecule has 0 radical (unpaired) electrons. The van der Waals surface area contributed by atoms with Crippen LogP contribution in [0.1, 0.15) is 18.2 Å². The van der Waals surface area contributed by atoms with Crippen molar-refractivity contribution in [3.05, 3.63) is 23.4 Å². The third kappa shape index (κ3) is 3.42. The van der Waals surface area contributed by atoms with Crippen LogP contribution in [0.3, 0.4) is 0 Å². The average molecular weight is 181 g/mol. The van der Waals surface area contributed by atoms with Crippen molar-refractivity contribution in [2.24, 2.45) is 0 Å². The number of rotatable bonds is 3. The molecule has 0 saturated heterocycles. The van der Waals surface area contributed by atoms with E-state index in [0.717, 1.165) is 11.3 Å². The van der Waals surface area contributed by atoms with E-state index in [-0.39, 0.29) is 6.61 Å². The van der Waals surface area contributed by atoms with Crippen molar-refractivity contribution in [1.29, 1.82) is 0 Å². The van der Waals surface area contributed by atoms with Crippen LogP contribution in [0.15, 0.2) is 12.1 Å². The van der Waals surface area contributed by atoms with Crippen molar-refractivity contribution in [2.75, 3.05) is 6.61 Å². The van der Waals surface area contributed by atoms with Crippen molar-refractivity contribution in [1.82, 2.24) is 4.98 Å². The van der Waals surface area contributed by atoms with E-state index in [9.17, 15) is 0 Å². The van der Waals surface area contributed by atoms with E-state index in [2.05, 4.69) is 4.98 Å². The van der Waals surface area contributed by atoms with Crippen LogP contribution in [0.4, 0.5) is 0 Å². The van der Waals surface area contributed by atoms with Gasteiger partial charge in [-0.2, -0.15) is 0 Å². The van der Waals surface area contributed by atoms with Crippen molar-refractivity contribution in [2.45, 2.75) is 26.9 Å². The van der Waals surface area contributed by atoms with Gasteiger partial charge in [0.25, 0.3) is 0 Å². The highest BCUT2D eigenvalue weighted by Crippen LogP contribution is 2.11. The molecule has 0 amide bonds. The lowest BCUT2D eigenvalue weighted by atomic mass is 10.2. The molecule has 0 aliphatic heterocycles. The van der Waals surface area contributed by atoms with Crippen LogP contribution in [-0.2, 0) is 0 Å². The molecule has 0 fully saturated rings. The third-order valence-corrected chi connectivity index (χ3v) is 1.55. The molecule has 1 aromatic rings. The van der Waals surface area contributed by atoms with Crippen molar-refractivity contribution in [3.8, 4) is 5.88 Å². The maximum absolute atomic E-state index is 9.00. The molecule has 1 aromatic heterocycles. The fraction of sp³-hybridized carbons (Fsp3) is 0.500. The number of pyridine rings is 1. The van der Waals surface area contributed by atoms with E-state index in [1.807, 2.05) is 26.0 Å². The first-order chi connectivity index (χ1) is 6.08. The Morgan fingerprint density at radius 3 is 2.69 bits per heavy atom. The van der Waals surface area contributed by atoms with Gasteiger partial charge in [0.1, 0.15) is 6.61 Å². The van der Waals surface area contributed by atoms with Gasteiger partial charge in [0.05, 0.1) is 6.10 Å². The minimum atomic E-state index is -0.456. The topological polar surface area (TPSA) is 42.4 Å². The van der Waals surface area contributed by atoms with Crippen molar-refractivity contribution in [3.63, 3.8) is 0 Å². The highest BCUT2D eigenvalue weighted by Gasteiger charge is 2.00. The number of hydrogen-bond acceptors (Lipinski definition) is 3. The summed E-state index contributed by atoms with van der Waals surface area (Å²) in [6.45, 7) is 5.88. The van der Waals surface area contributed by atoms with Crippen LogP contribution >= 0.6 is 0 Å². The Labute approximate surface area is 78.4 Å². The van der Waals surface area contributed by atoms with Crippen molar-refractivity contribution < 1.29 is 9.84 Å². The number of aromatic nitrogens is 1. The summed E-state index contributed by atoms with van der Waals surface area (Å²) in [5, 5.41) is 9.00. The minimum Gasteiger partial charge on any atom is -0.475 e. The molecule has 1 rings (SSSR count). The third-order valence-electron chi connectivity index (χ3n) is 1.55. The van der Waals surface area contributed by atoms with Gasteiger partial charge in [0, 0.05) is 11.8 Å². The van der Waals surface area contributed by atoms with Crippen LogP contribution in [0.2, 0.25) is 0 Å². The predicted octanol–water partition coefficient (Wildman–Crippen LogP) is 1.46. The van der Waals surface area contributed by atoms with Gasteiger partial charge in [-0.1, -0.05) is 0 Å². The molecule has 0 saturated carbocycles. The van der Waals surface area contributed by atoms with E-state index in [0.29, 0.717) is 5.88 Å². The molecule has 0 bridgehead atoms. The molecule has 3 nitrogen and oxygen atoms in total. The van der Waals surface area contributed by atoms with Gasteiger partial charge in [-0.25, -0.2) is 4.98 Å². The SMILES string of the molecule is Cc1cc(C)nc(OCC(C)O)c1. The molecule has 13 heavy (non-hydrogen) atoms. The first-order valence-electron chi connectivity index (χ1n) is 4.34. The zero-order valence-corrected chi connectivity index (χ0v) is 8.24. The fourth-order valence-corrected chi connectivity index (χ4v) is 1.08. The summed E-state index contributed by atoms with van der Waals surface area (Å²) in [5.41, 5.74) is 2.05. The van der Waals surface area contributed by atoms with Crippen LogP contribution in [0, 0.1) is 13.8 Å². The lowest BCUT2D eigenvalue weighted by Crippen LogP contribution is -2.13. The highest BCUT2D eigenvalue weighted by atomic mass is 16.5. The molecule has 1 N–H and O–H groups in total. The largest absolute Gasteiger partial charge is 0.475 e. The summed E-state index contributed by atoms with van der Waals surface area (Å²) in [5.74, 6) is 0.582. The van der Waals surface area contributed by atoms with Gasteiger partial charge in [-0.15, -0.1) is 0 Å². The summed E-state index contributed by atoms with van der Waals surface area (Å²) in [4.78, 5) is 4.17. The van der Waals surface area contributed by atoms with Crippen molar-refractivity contribution >= 4 is 0 Å². The Morgan fingerprint density at radius 2 is 2.15 bits per heavy atom. The molecular formula is C10H15NO2. The molecule has 72 valence electrons. The van der Waals surface area contributed by atoms with Gasteiger partial charge in [-0.05, 0) is 32.4 Å². The summed E-state index contributed by atoms with van der Waals surface area (Å²) in [7, 11) is 0. The number of aliphatic hydroxyl groups is 1. The Balaban J connectivity index is 2.66. The maximum Gasteiger partial charge on any atom is 0.213 e. The summed E-state index contributed by atoms with van der Waals surface area (Å²) in [6.07, 6.45) is -0.456.